The molecular weight excluding hydrogens is 348 g/mol. The lowest BCUT2D eigenvalue weighted by Crippen LogP contribution is -2.57. The number of likely N-dealkylation sites (tertiary alicyclic amines) is 1. The van der Waals surface area contributed by atoms with Gasteiger partial charge in [0.1, 0.15) is 11.3 Å². The lowest BCUT2D eigenvalue weighted by molar-refractivity contribution is -0.148. The summed E-state index contributed by atoms with van der Waals surface area (Å²) in [6.45, 7) is 4.90. The number of hydrogen-bond acceptors (Lipinski definition) is 4. The van der Waals surface area contributed by atoms with Gasteiger partial charge in [-0.15, -0.1) is 0 Å². The molecule has 2 bridgehead atoms. The van der Waals surface area contributed by atoms with Crippen LogP contribution in [0.15, 0.2) is 53.2 Å². The van der Waals surface area contributed by atoms with Crippen LogP contribution in [-0.2, 0) is 18.6 Å². The van der Waals surface area contributed by atoms with Crippen LogP contribution in [0.25, 0.3) is 11.0 Å². The first kappa shape index (κ1) is 17.9. The molecule has 0 unspecified atom stereocenters. The van der Waals surface area contributed by atoms with Gasteiger partial charge in [-0.2, -0.15) is 0 Å². The van der Waals surface area contributed by atoms with Crippen LogP contribution in [0, 0.1) is 11.8 Å². The predicted octanol–water partition coefficient (Wildman–Crippen LogP) is 4.51. The third kappa shape index (κ3) is 2.78. The Morgan fingerprint density at radius 2 is 1.93 bits per heavy atom. The Bertz CT molecular complexity index is 951. The maximum absolute atomic E-state index is 11.8. The van der Waals surface area contributed by atoms with Gasteiger partial charge in [-0.25, -0.2) is 0 Å². The summed E-state index contributed by atoms with van der Waals surface area (Å²) < 4.78 is 6.11. The van der Waals surface area contributed by atoms with Crippen LogP contribution >= 0.6 is 0 Å². The molecule has 0 spiro atoms. The third-order valence-corrected chi connectivity index (χ3v) is 6.92. The number of pyridine rings is 1. The van der Waals surface area contributed by atoms with Crippen LogP contribution in [0.3, 0.4) is 0 Å². The van der Waals surface area contributed by atoms with E-state index in [4.69, 9.17) is 4.42 Å². The smallest absolute Gasteiger partial charge is 0.134 e. The van der Waals surface area contributed by atoms with E-state index in [1.807, 2.05) is 24.4 Å². The number of hydrogen-bond donors (Lipinski definition) is 1. The fourth-order valence-corrected chi connectivity index (χ4v) is 5.58. The molecule has 1 saturated heterocycles. The molecule has 1 N–H and O–H groups in total. The number of rotatable bonds is 4. The summed E-state index contributed by atoms with van der Waals surface area (Å²) in [6, 6.07) is 12.3. The molecule has 3 aromatic rings. The second kappa shape index (κ2) is 7.02. The highest BCUT2D eigenvalue weighted by Gasteiger charge is 2.51. The van der Waals surface area contributed by atoms with Crippen LogP contribution in [0.1, 0.15) is 43.1 Å². The van der Waals surface area contributed by atoms with Crippen molar-refractivity contribution in [1.29, 1.82) is 0 Å². The van der Waals surface area contributed by atoms with Gasteiger partial charge in [-0.3, -0.25) is 9.88 Å². The number of aliphatic hydroxyl groups is 1. The van der Waals surface area contributed by atoms with E-state index in [0.29, 0.717) is 0 Å². The monoisotopic (exact) mass is 376 g/mol. The number of furan rings is 1. The van der Waals surface area contributed by atoms with Gasteiger partial charge >= 0.3 is 0 Å². The molecule has 1 saturated carbocycles. The third-order valence-electron chi connectivity index (χ3n) is 6.92. The predicted molar refractivity (Wildman–Crippen MR) is 110 cm³/mol. The number of para-hydroxylation sites is 1. The largest absolute Gasteiger partial charge is 0.461 e. The Morgan fingerprint density at radius 1 is 1.14 bits per heavy atom. The summed E-state index contributed by atoms with van der Waals surface area (Å²) in [4.78, 5) is 6.82. The van der Waals surface area contributed by atoms with Gasteiger partial charge in [-0.05, 0) is 25.0 Å². The second-order valence-electron chi connectivity index (χ2n) is 8.44. The van der Waals surface area contributed by atoms with E-state index in [9.17, 15) is 5.11 Å². The summed E-state index contributed by atoms with van der Waals surface area (Å²) in [7, 11) is 0. The first-order valence-corrected chi connectivity index (χ1v) is 10.5. The number of fused-ring (bicyclic) bond motifs is 3. The topological polar surface area (TPSA) is 49.5 Å². The van der Waals surface area contributed by atoms with Crippen molar-refractivity contribution in [2.24, 2.45) is 11.8 Å². The van der Waals surface area contributed by atoms with Gasteiger partial charge in [0.05, 0.1) is 5.60 Å². The first-order chi connectivity index (χ1) is 13.7. The zero-order valence-electron chi connectivity index (χ0n) is 16.5. The molecule has 4 nitrogen and oxygen atoms in total. The summed E-state index contributed by atoms with van der Waals surface area (Å²) in [6.07, 6.45) is 7.91. The molecule has 1 aliphatic carbocycles. The average molecular weight is 376 g/mol. The molecule has 4 heteroatoms. The van der Waals surface area contributed by atoms with Gasteiger partial charge in [0.25, 0.3) is 0 Å². The summed E-state index contributed by atoms with van der Waals surface area (Å²) in [5.41, 5.74) is 2.56. The highest BCUT2D eigenvalue weighted by atomic mass is 16.3. The van der Waals surface area contributed by atoms with Gasteiger partial charge in [-0.1, -0.05) is 37.6 Å². The molecule has 0 radical (unpaired) electrons. The van der Waals surface area contributed by atoms with Crippen molar-refractivity contribution in [1.82, 2.24) is 9.88 Å². The van der Waals surface area contributed by atoms with Crippen molar-refractivity contribution in [2.45, 2.75) is 44.8 Å². The van der Waals surface area contributed by atoms with Gasteiger partial charge in [0.15, 0.2) is 0 Å². The molecule has 28 heavy (non-hydrogen) atoms. The highest BCUT2D eigenvalue weighted by molar-refractivity contribution is 5.82. The second-order valence-corrected chi connectivity index (χ2v) is 8.44. The number of nitrogens with zero attached hydrogens (tertiary/aromatic N) is 2. The van der Waals surface area contributed by atoms with E-state index >= 15 is 0 Å². The van der Waals surface area contributed by atoms with Gasteiger partial charge in [0.2, 0.25) is 0 Å². The number of piperidine rings is 1. The lowest BCUT2D eigenvalue weighted by atomic mass is 9.63. The first-order valence-electron chi connectivity index (χ1n) is 10.5. The fourth-order valence-electron chi connectivity index (χ4n) is 5.58. The van der Waals surface area contributed by atoms with Gasteiger partial charge < -0.3 is 9.52 Å². The molecule has 0 amide bonds. The van der Waals surface area contributed by atoms with Crippen LogP contribution in [-0.4, -0.2) is 28.1 Å². The van der Waals surface area contributed by atoms with Gasteiger partial charge in [0, 0.05) is 66.8 Å². The molecule has 2 aromatic heterocycles. The van der Waals surface area contributed by atoms with Crippen LogP contribution in [0.5, 0.6) is 0 Å². The highest BCUT2D eigenvalue weighted by Crippen LogP contribution is 2.49. The Balaban J connectivity index is 1.45. The van der Waals surface area contributed by atoms with Crippen LogP contribution in [0.4, 0.5) is 0 Å². The number of aryl methyl sites for hydroxylation is 1. The summed E-state index contributed by atoms with van der Waals surface area (Å²) >= 11 is 0. The molecule has 2 fully saturated rings. The van der Waals surface area contributed by atoms with Crippen molar-refractivity contribution in [3.05, 3.63) is 65.7 Å². The average Bonchev–Trinajstić information content (AvgIpc) is 3.07. The molecule has 2 aliphatic rings. The summed E-state index contributed by atoms with van der Waals surface area (Å²) in [5, 5.41) is 13.0. The Morgan fingerprint density at radius 3 is 2.64 bits per heavy atom. The van der Waals surface area contributed by atoms with Crippen LogP contribution < -0.4 is 0 Å². The molecular formula is C24H28N2O2. The molecule has 5 rings (SSSR count). The van der Waals surface area contributed by atoms with Crippen molar-refractivity contribution in [3.8, 4) is 0 Å². The van der Waals surface area contributed by atoms with Crippen molar-refractivity contribution in [2.75, 3.05) is 13.1 Å². The maximum Gasteiger partial charge on any atom is 0.134 e. The van der Waals surface area contributed by atoms with E-state index in [2.05, 4.69) is 35.0 Å². The normalized spacial score (nSPS) is 27.9. The standard InChI is InChI=1S/C24H28N2O2/c1-2-22-21(20-10-3-4-11-23(20)28-22)16-26-14-18-7-5-8-19(15-26)24(18,27)17-9-6-12-25-13-17/h3-4,6,9-13,18-19,27H,2,5,7-8,14-16H2,1H3/t18-,19-/m0/s1. The van der Waals surface area contributed by atoms with Crippen molar-refractivity contribution in [3.63, 3.8) is 0 Å². The maximum atomic E-state index is 11.8. The number of aromatic nitrogens is 1. The molecule has 2 atom stereocenters. The SMILES string of the molecule is CCc1oc2ccccc2c1CN1C[C@@H]2CCC[C@@H](C1)C2(O)c1cccnc1. The van der Waals surface area contributed by atoms with Crippen LogP contribution in [0.2, 0.25) is 0 Å². The minimum atomic E-state index is -0.741. The van der Waals surface area contributed by atoms with Crippen molar-refractivity contribution < 1.29 is 9.52 Å². The quantitative estimate of drug-likeness (QED) is 0.728. The molecule has 1 aromatic carbocycles. The fraction of sp³-hybridized carbons (Fsp3) is 0.458. The minimum absolute atomic E-state index is 0.257. The summed E-state index contributed by atoms with van der Waals surface area (Å²) in [5.74, 6) is 1.61. The minimum Gasteiger partial charge on any atom is -0.461 e. The zero-order chi connectivity index (χ0) is 19.1. The van der Waals surface area contributed by atoms with E-state index in [1.165, 1.54) is 17.4 Å². The Kier molecular flexibility index (Phi) is 4.48. The molecule has 3 heterocycles. The van der Waals surface area contributed by atoms with E-state index in [0.717, 1.165) is 55.8 Å². The Labute approximate surface area is 166 Å². The molecule has 146 valence electrons. The lowest BCUT2D eigenvalue weighted by Gasteiger charge is -2.53. The van der Waals surface area contributed by atoms with Crippen molar-refractivity contribution >= 4 is 11.0 Å². The molecule has 1 aliphatic heterocycles. The Hall–Kier alpha value is -2.17. The number of benzene rings is 1. The zero-order valence-corrected chi connectivity index (χ0v) is 16.5. The van der Waals surface area contributed by atoms with E-state index < -0.39 is 5.60 Å². The van der Waals surface area contributed by atoms with E-state index in [1.54, 1.807) is 6.20 Å². The van der Waals surface area contributed by atoms with E-state index in [-0.39, 0.29) is 11.8 Å².